The van der Waals surface area contributed by atoms with E-state index in [4.69, 9.17) is 10.5 Å². The molecule has 7 nitrogen and oxygen atoms in total. The Labute approximate surface area is 139 Å². The molecule has 0 bridgehead atoms. The molecule has 134 valence electrons. The van der Waals surface area contributed by atoms with Crippen LogP contribution in [-0.2, 0) is 0 Å². The van der Waals surface area contributed by atoms with Crippen LogP contribution in [0.25, 0.3) is 0 Å². The molecule has 0 aliphatic carbocycles. The molecule has 0 saturated heterocycles. The lowest BCUT2D eigenvalue weighted by Crippen LogP contribution is -2.17. The summed E-state index contributed by atoms with van der Waals surface area (Å²) in [4.78, 5) is 10.2. The second-order valence-corrected chi connectivity index (χ2v) is 4.94. The minimum absolute atomic E-state index is 0.142. The van der Waals surface area contributed by atoms with Gasteiger partial charge in [0.05, 0.1) is 18.1 Å². The van der Waals surface area contributed by atoms with E-state index >= 15 is 0 Å². The topological polar surface area (TPSA) is 108 Å². The highest BCUT2D eigenvalue weighted by Crippen LogP contribution is 2.39. The molecule has 0 radical (unpaired) electrons. The van der Waals surface area contributed by atoms with E-state index in [-0.39, 0.29) is 11.3 Å². The predicted molar refractivity (Wildman–Crippen MR) is 80.5 cm³/mol. The molecule has 2 aromatic carbocycles. The van der Waals surface area contributed by atoms with Gasteiger partial charge in [-0.1, -0.05) is 12.1 Å². The number of benzene rings is 2. The molecule has 0 unspecified atom stereocenters. The lowest BCUT2D eigenvalue weighted by molar-refractivity contribution is -0.386. The smallest absolute Gasteiger partial charge is 0.500 e. The fourth-order valence-corrected chi connectivity index (χ4v) is 2.16. The highest BCUT2D eigenvalue weighted by atomic mass is 19.4. The van der Waals surface area contributed by atoms with Gasteiger partial charge in [0.25, 0.3) is 0 Å². The first-order valence-corrected chi connectivity index (χ1v) is 6.79. The average Bonchev–Trinajstić information content (AvgIpc) is 2.53. The molecule has 0 amide bonds. The van der Waals surface area contributed by atoms with Crippen molar-refractivity contribution in [2.24, 2.45) is 5.73 Å². The van der Waals surface area contributed by atoms with Crippen molar-refractivity contribution in [1.82, 2.24) is 0 Å². The zero-order valence-electron chi connectivity index (χ0n) is 12.8. The van der Waals surface area contributed by atoms with Crippen LogP contribution in [0.15, 0.2) is 36.4 Å². The summed E-state index contributed by atoms with van der Waals surface area (Å²) in [7, 11) is 1.22. The zero-order chi connectivity index (χ0) is 18.8. The number of methoxy groups -OCH3 is 1. The highest BCUT2D eigenvalue weighted by Gasteiger charge is 2.31. The van der Waals surface area contributed by atoms with E-state index in [1.807, 2.05) is 0 Å². The number of hydrogen-bond acceptors (Lipinski definition) is 6. The van der Waals surface area contributed by atoms with Crippen molar-refractivity contribution in [2.75, 3.05) is 7.11 Å². The molecule has 2 aromatic rings. The molecule has 0 heterocycles. The van der Waals surface area contributed by atoms with E-state index in [1.54, 1.807) is 0 Å². The lowest BCUT2D eigenvalue weighted by Gasteiger charge is -2.15. The lowest BCUT2D eigenvalue weighted by atomic mass is 9.98. The van der Waals surface area contributed by atoms with Crippen LogP contribution < -0.4 is 15.2 Å². The van der Waals surface area contributed by atoms with Crippen LogP contribution in [0.1, 0.15) is 17.2 Å². The van der Waals surface area contributed by atoms with Gasteiger partial charge in [-0.15, -0.1) is 13.2 Å². The van der Waals surface area contributed by atoms with Crippen molar-refractivity contribution < 1.29 is 32.7 Å². The van der Waals surface area contributed by atoms with Crippen molar-refractivity contribution in [3.05, 3.63) is 57.6 Å². The molecule has 0 fully saturated rings. The Morgan fingerprint density at radius 1 is 1.20 bits per heavy atom. The molecule has 0 saturated carbocycles. The number of phenols is 1. The molecule has 1 atom stereocenters. The number of nitro groups is 1. The van der Waals surface area contributed by atoms with E-state index in [0.29, 0.717) is 5.56 Å². The van der Waals surface area contributed by atoms with Crippen molar-refractivity contribution in [1.29, 1.82) is 0 Å². The summed E-state index contributed by atoms with van der Waals surface area (Å²) in [6.07, 6.45) is -4.81. The Morgan fingerprint density at radius 2 is 1.80 bits per heavy atom. The Kier molecular flexibility index (Phi) is 5.02. The predicted octanol–water partition coefficient (Wildman–Crippen LogP) is 3.26. The van der Waals surface area contributed by atoms with Crippen LogP contribution in [-0.4, -0.2) is 23.5 Å². The van der Waals surface area contributed by atoms with Crippen molar-refractivity contribution >= 4 is 5.69 Å². The number of rotatable bonds is 5. The minimum Gasteiger partial charge on any atom is -0.500 e. The van der Waals surface area contributed by atoms with Gasteiger partial charge >= 0.3 is 12.0 Å². The summed E-state index contributed by atoms with van der Waals surface area (Å²) >= 11 is 0. The van der Waals surface area contributed by atoms with Gasteiger partial charge in [0.15, 0.2) is 5.75 Å². The number of aromatic hydroxyl groups is 1. The Bertz CT molecular complexity index is 778. The standard InChI is InChI=1S/C15H13F3N2O5/c1-24-12-7-9(6-11(14(12)21)20(22)23)13(19)8-2-4-10(5-3-8)25-15(16,17)18/h2-7,13,21H,19H2,1H3/t13-/m0/s1. The van der Waals surface area contributed by atoms with Crippen molar-refractivity contribution in [2.45, 2.75) is 12.4 Å². The number of nitrogens with two attached hydrogens (primary N) is 1. The quantitative estimate of drug-likeness (QED) is 0.627. The minimum atomic E-state index is -4.81. The Balaban J connectivity index is 2.35. The van der Waals surface area contributed by atoms with Crippen molar-refractivity contribution in [3.8, 4) is 17.2 Å². The van der Waals surface area contributed by atoms with E-state index < -0.39 is 34.5 Å². The Morgan fingerprint density at radius 3 is 2.28 bits per heavy atom. The van der Waals surface area contributed by atoms with Gasteiger partial charge < -0.3 is 20.3 Å². The molecule has 0 aliphatic heterocycles. The van der Waals surface area contributed by atoms with Crippen LogP contribution in [0, 0.1) is 10.1 Å². The summed E-state index contributed by atoms with van der Waals surface area (Å²) < 4.78 is 45.1. The monoisotopic (exact) mass is 358 g/mol. The second kappa shape index (κ2) is 6.85. The number of phenolic OH excluding ortho intramolecular Hbond substituents is 1. The van der Waals surface area contributed by atoms with E-state index in [0.717, 1.165) is 18.2 Å². The van der Waals surface area contributed by atoms with Gasteiger partial charge in [-0.3, -0.25) is 10.1 Å². The fourth-order valence-electron chi connectivity index (χ4n) is 2.16. The largest absolute Gasteiger partial charge is 0.573 e. The third kappa shape index (κ3) is 4.29. The third-order valence-electron chi connectivity index (χ3n) is 3.33. The average molecular weight is 358 g/mol. The number of nitrogens with zero attached hydrogens (tertiary/aromatic N) is 1. The number of nitro benzene ring substituents is 1. The highest BCUT2D eigenvalue weighted by molar-refractivity contribution is 5.58. The summed E-state index contributed by atoms with van der Waals surface area (Å²) in [6.45, 7) is 0. The van der Waals surface area contributed by atoms with Gasteiger partial charge in [0, 0.05) is 6.07 Å². The third-order valence-corrected chi connectivity index (χ3v) is 3.33. The maximum absolute atomic E-state index is 12.2. The van der Waals surface area contributed by atoms with Gasteiger partial charge in [0.1, 0.15) is 5.75 Å². The van der Waals surface area contributed by atoms with Crippen molar-refractivity contribution in [3.63, 3.8) is 0 Å². The molecule has 0 aliphatic rings. The SMILES string of the molecule is COc1cc([C@@H](N)c2ccc(OC(F)(F)F)cc2)cc([N+](=O)[O-])c1O. The maximum Gasteiger partial charge on any atom is 0.573 e. The fraction of sp³-hybridized carbons (Fsp3) is 0.200. The van der Waals surface area contributed by atoms with Gasteiger partial charge in [-0.2, -0.15) is 0 Å². The molecule has 0 aromatic heterocycles. The summed E-state index contributed by atoms with van der Waals surface area (Å²) in [5.74, 6) is -1.20. The van der Waals surface area contributed by atoms with Gasteiger partial charge in [-0.25, -0.2) is 0 Å². The first-order valence-electron chi connectivity index (χ1n) is 6.79. The maximum atomic E-state index is 12.2. The molecule has 10 heteroatoms. The van der Waals surface area contributed by atoms with E-state index in [2.05, 4.69) is 4.74 Å². The first kappa shape index (κ1) is 18.3. The number of hydrogen-bond donors (Lipinski definition) is 2. The summed E-state index contributed by atoms with van der Waals surface area (Å²) in [5.41, 5.74) is 6.05. The second-order valence-electron chi connectivity index (χ2n) is 4.94. The normalized spacial score (nSPS) is 12.5. The van der Waals surface area contributed by atoms with Gasteiger partial charge in [0.2, 0.25) is 5.75 Å². The molecule has 25 heavy (non-hydrogen) atoms. The zero-order valence-corrected chi connectivity index (χ0v) is 12.8. The first-order chi connectivity index (χ1) is 11.6. The molecular formula is C15H13F3N2O5. The molecular weight excluding hydrogens is 345 g/mol. The molecule has 2 rings (SSSR count). The number of alkyl halides is 3. The number of halogens is 3. The summed E-state index contributed by atoms with van der Waals surface area (Å²) in [6, 6.07) is 6.25. The molecule has 0 spiro atoms. The van der Waals surface area contributed by atoms with Crippen LogP contribution in [0.5, 0.6) is 17.2 Å². The van der Waals surface area contributed by atoms with Crippen LogP contribution >= 0.6 is 0 Å². The van der Waals surface area contributed by atoms with Crippen LogP contribution in [0.2, 0.25) is 0 Å². The molecule has 3 N–H and O–H groups in total. The number of ether oxygens (including phenoxy) is 2. The van der Waals surface area contributed by atoms with Crippen LogP contribution in [0.4, 0.5) is 18.9 Å². The van der Waals surface area contributed by atoms with Gasteiger partial charge in [-0.05, 0) is 29.3 Å². The van der Waals surface area contributed by atoms with Crippen LogP contribution in [0.3, 0.4) is 0 Å². The summed E-state index contributed by atoms with van der Waals surface area (Å²) in [5, 5.41) is 20.8. The van der Waals surface area contributed by atoms with E-state index in [1.165, 1.54) is 25.3 Å². The van der Waals surface area contributed by atoms with E-state index in [9.17, 15) is 28.4 Å². The Hall–Kier alpha value is -3.01.